The Morgan fingerprint density at radius 1 is 1.11 bits per heavy atom. The summed E-state index contributed by atoms with van der Waals surface area (Å²) in [5.74, 6) is 1.18. The molecular weight excluding hydrogens is 458 g/mol. The van der Waals surface area contributed by atoms with Crippen LogP contribution in [0.5, 0.6) is 0 Å². The third kappa shape index (κ3) is 4.05. The van der Waals surface area contributed by atoms with E-state index in [1.165, 1.54) is 0 Å². The molecule has 1 atom stereocenters. The minimum atomic E-state index is 0.263. The highest BCUT2D eigenvalue weighted by Gasteiger charge is 2.44. The van der Waals surface area contributed by atoms with E-state index in [0.29, 0.717) is 10.9 Å². The van der Waals surface area contributed by atoms with E-state index in [-0.39, 0.29) is 4.59 Å². The molecule has 0 amide bonds. The number of rotatable bonds is 6. The molecule has 8 heteroatoms. The van der Waals surface area contributed by atoms with Gasteiger partial charge in [0.05, 0.1) is 34.3 Å². The van der Waals surface area contributed by atoms with Gasteiger partial charge in [-0.1, -0.05) is 23.7 Å². The van der Waals surface area contributed by atoms with E-state index in [1.54, 1.807) is 12.4 Å². The number of halogens is 1. The number of pyridine rings is 2. The molecule has 3 aromatic rings. The van der Waals surface area contributed by atoms with E-state index in [2.05, 4.69) is 34.4 Å². The summed E-state index contributed by atoms with van der Waals surface area (Å²) in [6, 6.07) is 13.8. The first kappa shape index (κ1) is 22.1. The first-order valence-corrected chi connectivity index (χ1v) is 12.2. The van der Waals surface area contributed by atoms with Crippen LogP contribution in [0.3, 0.4) is 0 Å². The lowest BCUT2D eigenvalue weighted by molar-refractivity contribution is -0.705. The van der Waals surface area contributed by atoms with Gasteiger partial charge in [0.25, 0.3) is 0 Å². The molecule has 1 N–H and O–H groups in total. The summed E-state index contributed by atoms with van der Waals surface area (Å²) in [4.78, 5) is 20.8. The minimum Gasteiger partial charge on any atom is -0.309 e. The molecule has 1 aliphatic carbocycles. The zero-order valence-corrected chi connectivity index (χ0v) is 20.5. The Morgan fingerprint density at radius 3 is 2.80 bits per heavy atom. The summed E-state index contributed by atoms with van der Waals surface area (Å²) in [5, 5.41) is 1.60. The fraction of sp³-hybridized carbons (Fsp3) is 0.259. The van der Waals surface area contributed by atoms with Crippen LogP contribution in [-0.4, -0.2) is 52.7 Å². The lowest BCUT2D eigenvalue weighted by atomic mass is 9.72. The van der Waals surface area contributed by atoms with Gasteiger partial charge in [-0.2, -0.15) is 4.99 Å². The van der Waals surface area contributed by atoms with Crippen LogP contribution in [0.2, 0.25) is 5.02 Å². The number of quaternary nitrogens is 1. The SMILES string of the molecule is CN(C)CC1CC(C2=C3C=NC=C[N+]3(Nc3cc4nc(-c5ccccn5)ccc4cc3Cl)C=N2)C1. The number of aromatic nitrogens is 2. The van der Waals surface area contributed by atoms with E-state index in [9.17, 15) is 0 Å². The van der Waals surface area contributed by atoms with Gasteiger partial charge in [0, 0.05) is 24.0 Å². The van der Waals surface area contributed by atoms with Gasteiger partial charge in [0.1, 0.15) is 11.4 Å². The van der Waals surface area contributed by atoms with E-state index in [4.69, 9.17) is 21.6 Å². The second-order valence-electron chi connectivity index (χ2n) is 9.71. The van der Waals surface area contributed by atoms with Crippen molar-refractivity contribution in [3.8, 4) is 11.4 Å². The number of benzene rings is 1. The van der Waals surface area contributed by atoms with Crippen molar-refractivity contribution in [2.45, 2.75) is 12.8 Å². The lowest BCUT2D eigenvalue weighted by Crippen LogP contribution is -2.46. The average Bonchev–Trinajstić information content (AvgIpc) is 3.20. The highest BCUT2D eigenvalue weighted by atomic mass is 35.5. The summed E-state index contributed by atoms with van der Waals surface area (Å²) in [5.41, 5.74) is 9.07. The summed E-state index contributed by atoms with van der Waals surface area (Å²) in [6.45, 7) is 1.12. The van der Waals surface area contributed by atoms with Crippen molar-refractivity contribution in [3.63, 3.8) is 0 Å². The first-order chi connectivity index (χ1) is 17.0. The van der Waals surface area contributed by atoms with Crippen molar-refractivity contribution < 1.29 is 4.59 Å². The largest absolute Gasteiger partial charge is 0.309 e. The van der Waals surface area contributed by atoms with Gasteiger partial charge >= 0.3 is 0 Å². The van der Waals surface area contributed by atoms with Crippen LogP contribution in [-0.2, 0) is 0 Å². The van der Waals surface area contributed by atoms with Crippen LogP contribution in [0.25, 0.3) is 22.3 Å². The summed E-state index contributed by atoms with van der Waals surface area (Å²) in [6.07, 6.45) is 11.7. The molecule has 1 fully saturated rings. The Bertz CT molecular complexity index is 1400. The predicted octanol–water partition coefficient (Wildman–Crippen LogP) is 5.49. The molecule has 35 heavy (non-hydrogen) atoms. The maximum absolute atomic E-state index is 6.74. The second-order valence-corrected chi connectivity index (χ2v) is 10.1. The van der Waals surface area contributed by atoms with Gasteiger partial charge in [-0.05, 0) is 63.2 Å². The first-order valence-electron chi connectivity index (χ1n) is 11.8. The molecule has 0 bridgehead atoms. The number of aliphatic imine (C=N–C) groups is 2. The molecule has 7 nitrogen and oxygen atoms in total. The Labute approximate surface area is 209 Å². The van der Waals surface area contributed by atoms with Crippen LogP contribution in [0.15, 0.2) is 82.4 Å². The molecule has 1 unspecified atom stereocenters. The quantitative estimate of drug-likeness (QED) is 0.470. The molecule has 2 aliphatic heterocycles. The van der Waals surface area contributed by atoms with Gasteiger partial charge in [0.2, 0.25) is 12.0 Å². The van der Waals surface area contributed by atoms with Crippen LogP contribution in [0.1, 0.15) is 12.8 Å². The number of allylic oxidation sites excluding steroid dienone is 2. The highest BCUT2D eigenvalue weighted by molar-refractivity contribution is 6.34. The molecule has 4 heterocycles. The Balaban J connectivity index is 1.32. The van der Waals surface area contributed by atoms with E-state index < -0.39 is 0 Å². The van der Waals surface area contributed by atoms with Crippen molar-refractivity contribution >= 4 is 40.7 Å². The Morgan fingerprint density at radius 2 is 2.00 bits per heavy atom. The minimum absolute atomic E-state index is 0.263. The standard InChI is InChI=1S/C27H27ClN7/c1-34(2)16-18-11-20(12-18)27-26-15-29-9-10-35(26,17-31-27)33-25-14-24-19(13-21(25)28)6-7-23(32-24)22-5-3-4-8-30-22/h3-10,13-15,17-18,20,33H,11-12,16H2,1-2H3/q+1. The number of nitrogens with zero attached hydrogens (tertiary/aromatic N) is 6. The zero-order valence-electron chi connectivity index (χ0n) is 19.8. The monoisotopic (exact) mass is 484 g/mol. The van der Waals surface area contributed by atoms with Gasteiger partial charge < -0.3 is 4.90 Å². The third-order valence-corrected chi connectivity index (χ3v) is 7.19. The number of nitrogens with one attached hydrogen (secondary N) is 1. The fourth-order valence-corrected chi connectivity index (χ4v) is 5.37. The molecule has 0 saturated heterocycles. The summed E-state index contributed by atoms with van der Waals surface area (Å²) < 4.78 is 0.263. The van der Waals surface area contributed by atoms with Gasteiger partial charge in [-0.25, -0.2) is 10.4 Å². The molecular formula is C27H27ClN7+. The van der Waals surface area contributed by atoms with Crippen LogP contribution < -0.4 is 5.43 Å². The van der Waals surface area contributed by atoms with Crippen molar-refractivity contribution in [2.75, 3.05) is 26.1 Å². The summed E-state index contributed by atoms with van der Waals surface area (Å²) >= 11 is 6.74. The van der Waals surface area contributed by atoms with Crippen molar-refractivity contribution in [1.82, 2.24) is 14.9 Å². The third-order valence-electron chi connectivity index (χ3n) is 6.88. The fourth-order valence-electron chi connectivity index (χ4n) is 5.16. The average molecular weight is 485 g/mol. The maximum atomic E-state index is 6.74. The zero-order chi connectivity index (χ0) is 24.0. The van der Waals surface area contributed by atoms with E-state index in [1.807, 2.05) is 61.2 Å². The number of anilines is 1. The maximum Gasteiger partial charge on any atom is 0.225 e. The topological polar surface area (TPSA) is 65.8 Å². The number of hydrogen-bond donors (Lipinski definition) is 1. The molecule has 2 aromatic heterocycles. The van der Waals surface area contributed by atoms with Crippen LogP contribution >= 0.6 is 11.6 Å². The Hall–Kier alpha value is -3.39. The van der Waals surface area contributed by atoms with Gasteiger partial charge in [0.15, 0.2) is 6.20 Å². The van der Waals surface area contributed by atoms with E-state index in [0.717, 1.165) is 64.7 Å². The Kier molecular flexibility index (Phi) is 5.48. The summed E-state index contributed by atoms with van der Waals surface area (Å²) in [7, 11) is 4.27. The van der Waals surface area contributed by atoms with Crippen molar-refractivity contribution in [3.05, 3.63) is 77.5 Å². The molecule has 6 rings (SSSR count). The smallest absolute Gasteiger partial charge is 0.225 e. The van der Waals surface area contributed by atoms with Gasteiger partial charge in [-0.3, -0.25) is 9.98 Å². The van der Waals surface area contributed by atoms with Crippen LogP contribution in [0, 0.1) is 11.8 Å². The molecule has 0 spiro atoms. The van der Waals surface area contributed by atoms with Gasteiger partial charge in [-0.15, -0.1) is 4.59 Å². The number of fused-ring (bicyclic) bond motifs is 2. The van der Waals surface area contributed by atoms with Crippen molar-refractivity contribution in [2.24, 2.45) is 21.8 Å². The molecule has 3 aliphatic rings. The molecule has 1 aromatic carbocycles. The highest BCUT2D eigenvalue weighted by Crippen LogP contribution is 2.44. The van der Waals surface area contributed by atoms with E-state index >= 15 is 0 Å². The second kappa shape index (κ2) is 8.68. The lowest BCUT2D eigenvalue weighted by Gasteiger charge is -2.37. The van der Waals surface area contributed by atoms with Crippen molar-refractivity contribution in [1.29, 1.82) is 0 Å². The molecule has 1 saturated carbocycles. The normalized spacial score (nSPS) is 24.8. The molecule has 176 valence electrons. The molecule has 0 radical (unpaired) electrons. The number of hydrogen-bond acceptors (Lipinski definition) is 6. The predicted molar refractivity (Wildman–Crippen MR) is 142 cm³/mol. The van der Waals surface area contributed by atoms with Crippen LogP contribution in [0.4, 0.5) is 5.69 Å².